The van der Waals surface area contributed by atoms with Crippen molar-refractivity contribution in [2.75, 3.05) is 0 Å². The quantitative estimate of drug-likeness (QED) is 0.162. The van der Waals surface area contributed by atoms with Crippen LogP contribution < -0.4 is 32.8 Å². The van der Waals surface area contributed by atoms with E-state index in [9.17, 15) is 0 Å². The smallest absolute Gasteiger partial charge is 0.249 e. The molecule has 3 aromatic heterocycles. The summed E-state index contributed by atoms with van der Waals surface area (Å²) in [5.41, 5.74) is 26.1. The molecular weight excluding hydrogens is 814 g/mol. The lowest BCUT2D eigenvalue weighted by Crippen LogP contribution is -2.58. The van der Waals surface area contributed by atoms with Crippen molar-refractivity contribution in [3.63, 3.8) is 0 Å². The fourth-order valence-corrected chi connectivity index (χ4v) is 15.6. The molecule has 1 aliphatic carbocycles. The minimum Gasteiger partial charge on any atom is -0.454 e. The van der Waals surface area contributed by atoms with Gasteiger partial charge < -0.3 is 13.6 Å². The highest BCUT2D eigenvalue weighted by molar-refractivity contribution is 8.00. The SMILES string of the molecule is Cc1cc2c3c(c1)-n1c4c(ccc(Cc5cc6c7c(c5)-n5c8c(c9cccc(c95)B7c5ccccc5S6)C(C)(C)c5ccccc5-8)c4c4oc5ccccc5c41)B3c1ccccc1S2. The lowest BCUT2D eigenvalue weighted by Gasteiger charge is -2.34. The molecule has 7 heterocycles. The molecule has 8 aromatic carbocycles. The molecule has 0 saturated carbocycles. The summed E-state index contributed by atoms with van der Waals surface area (Å²) in [6.45, 7) is 7.41. The summed E-state index contributed by atoms with van der Waals surface area (Å²) in [5, 5.41) is 3.78. The molecule has 0 bridgehead atoms. The van der Waals surface area contributed by atoms with Crippen LogP contribution in [0.3, 0.4) is 0 Å². The number of hydrogen-bond acceptors (Lipinski definition) is 3. The van der Waals surface area contributed by atoms with Crippen molar-refractivity contribution in [1.82, 2.24) is 9.13 Å². The predicted molar refractivity (Wildman–Crippen MR) is 269 cm³/mol. The molecule has 0 fully saturated rings. The Bertz CT molecular complexity index is 4020. The summed E-state index contributed by atoms with van der Waals surface area (Å²) in [6.07, 6.45) is 0.777. The van der Waals surface area contributed by atoms with Crippen LogP contribution in [0.2, 0.25) is 0 Å². The topological polar surface area (TPSA) is 23.0 Å². The molecule has 0 N–H and O–H groups in total. The van der Waals surface area contributed by atoms with E-state index in [1.165, 1.54) is 130 Å². The van der Waals surface area contributed by atoms with Gasteiger partial charge in [0, 0.05) is 63.6 Å². The molecular formula is C57H36B2N2OS2. The fourth-order valence-electron chi connectivity index (χ4n) is 13.1. The lowest BCUT2D eigenvalue weighted by atomic mass is 9.35. The second-order valence-electron chi connectivity index (χ2n) is 19.2. The van der Waals surface area contributed by atoms with E-state index >= 15 is 0 Å². The molecule has 0 amide bonds. The Morgan fingerprint density at radius 3 is 2.03 bits per heavy atom. The van der Waals surface area contributed by atoms with Crippen LogP contribution in [0.15, 0.2) is 176 Å². The van der Waals surface area contributed by atoms with Crippen molar-refractivity contribution in [3.8, 4) is 22.6 Å². The van der Waals surface area contributed by atoms with Crippen LogP contribution >= 0.6 is 23.5 Å². The number of hydrogen-bond donors (Lipinski definition) is 0. The number of nitrogens with zero attached hydrogens (tertiary/aromatic N) is 2. The van der Waals surface area contributed by atoms with Crippen LogP contribution in [0.5, 0.6) is 0 Å². The summed E-state index contributed by atoms with van der Waals surface area (Å²) < 4.78 is 12.3. The van der Waals surface area contributed by atoms with Gasteiger partial charge in [0.05, 0.1) is 11.2 Å². The summed E-state index contributed by atoms with van der Waals surface area (Å²) in [7, 11) is 0. The average molecular weight is 851 g/mol. The molecule has 64 heavy (non-hydrogen) atoms. The largest absolute Gasteiger partial charge is 0.454 e. The maximum Gasteiger partial charge on any atom is 0.249 e. The van der Waals surface area contributed by atoms with E-state index in [0.717, 1.165) is 23.0 Å². The molecule has 7 heteroatoms. The fraction of sp³-hybridized carbons (Fsp3) is 0.0877. The van der Waals surface area contributed by atoms with Crippen LogP contribution in [0.25, 0.3) is 66.5 Å². The van der Waals surface area contributed by atoms with E-state index in [-0.39, 0.29) is 18.8 Å². The molecule has 5 aliphatic rings. The Hall–Kier alpha value is -6.53. The first kappa shape index (κ1) is 34.9. The molecule has 0 unspecified atom stereocenters. The summed E-state index contributed by atoms with van der Waals surface area (Å²) in [4.78, 5) is 5.42. The average Bonchev–Trinajstić information content (AvgIpc) is 4.03. The first-order chi connectivity index (χ1) is 31.4. The Kier molecular flexibility index (Phi) is 6.42. The van der Waals surface area contributed by atoms with E-state index in [1.54, 1.807) is 0 Å². The highest BCUT2D eigenvalue weighted by Crippen LogP contribution is 2.54. The standard InChI is InChI=1S/C57H36B2N2OS2/c1-30-25-41-50-46(26-30)63-44-21-10-8-18-38(44)59(50)40-24-23-32(48-55(40)61(41)54-34-14-5-9-20-43(34)62-56(48)54)27-31-28-42-51-47(29-31)64-45-22-11-7-17-37(45)58(51)39-19-12-15-35-49-53(60(42)52(35)39)33-13-4-6-16-36(33)57(49,2)3/h4-26,28-29H,27H2,1-3H3. The number of rotatable bonds is 2. The third-order valence-electron chi connectivity index (χ3n) is 15.5. The van der Waals surface area contributed by atoms with Gasteiger partial charge in [-0.15, -0.1) is 0 Å². The molecule has 0 saturated heterocycles. The van der Waals surface area contributed by atoms with Gasteiger partial charge in [-0.2, -0.15) is 0 Å². The summed E-state index contributed by atoms with van der Waals surface area (Å²) in [5.74, 6) is 0. The van der Waals surface area contributed by atoms with Gasteiger partial charge in [-0.3, -0.25) is 0 Å². The van der Waals surface area contributed by atoms with Crippen LogP contribution in [0.4, 0.5) is 0 Å². The van der Waals surface area contributed by atoms with Gasteiger partial charge in [0.15, 0.2) is 5.58 Å². The van der Waals surface area contributed by atoms with Crippen molar-refractivity contribution < 1.29 is 4.42 Å². The molecule has 3 nitrogen and oxygen atoms in total. The maximum atomic E-state index is 7.07. The van der Waals surface area contributed by atoms with E-state index in [2.05, 4.69) is 182 Å². The first-order valence-electron chi connectivity index (χ1n) is 22.5. The predicted octanol–water partition coefficient (Wildman–Crippen LogP) is 10.3. The Labute approximate surface area is 379 Å². The Morgan fingerprint density at radius 1 is 0.562 bits per heavy atom. The number of benzene rings is 8. The van der Waals surface area contributed by atoms with E-state index in [1.807, 2.05) is 23.5 Å². The lowest BCUT2D eigenvalue weighted by molar-refractivity contribution is 0.666. The van der Waals surface area contributed by atoms with Gasteiger partial charge in [-0.25, -0.2) is 0 Å². The number of furan rings is 1. The number of fused-ring (bicyclic) bond motifs is 18. The maximum absolute atomic E-state index is 7.07. The van der Waals surface area contributed by atoms with Gasteiger partial charge in [0.25, 0.3) is 0 Å². The monoisotopic (exact) mass is 850 g/mol. The summed E-state index contributed by atoms with van der Waals surface area (Å²) in [6, 6.07) is 57.9. The zero-order valence-corrected chi connectivity index (χ0v) is 37.0. The zero-order valence-electron chi connectivity index (χ0n) is 35.4. The third kappa shape index (κ3) is 4.10. The molecule has 0 atom stereocenters. The third-order valence-corrected chi connectivity index (χ3v) is 17.8. The van der Waals surface area contributed by atoms with Gasteiger partial charge >= 0.3 is 0 Å². The number of para-hydroxylation sites is 2. The minimum absolute atomic E-state index is 0.125. The molecule has 0 spiro atoms. The van der Waals surface area contributed by atoms with Crippen molar-refractivity contribution in [3.05, 3.63) is 179 Å². The van der Waals surface area contributed by atoms with E-state index < -0.39 is 0 Å². The highest BCUT2D eigenvalue weighted by Gasteiger charge is 2.46. The first-order valence-corrected chi connectivity index (χ1v) is 24.2. The second kappa shape index (κ2) is 11.8. The summed E-state index contributed by atoms with van der Waals surface area (Å²) >= 11 is 3.87. The molecule has 298 valence electrons. The van der Waals surface area contributed by atoms with Gasteiger partial charge in [0.2, 0.25) is 13.4 Å². The van der Waals surface area contributed by atoms with Gasteiger partial charge in [0.1, 0.15) is 11.1 Å². The normalized spacial score (nSPS) is 15.1. The molecule has 4 aliphatic heterocycles. The highest BCUT2D eigenvalue weighted by atomic mass is 32.2. The molecule has 11 aromatic rings. The minimum atomic E-state index is -0.125. The van der Waals surface area contributed by atoms with Gasteiger partial charge in [-0.05, 0) is 112 Å². The van der Waals surface area contributed by atoms with Crippen molar-refractivity contribution >= 4 is 114 Å². The van der Waals surface area contributed by atoms with Crippen molar-refractivity contribution in [1.29, 1.82) is 0 Å². The van der Waals surface area contributed by atoms with Crippen molar-refractivity contribution in [2.45, 2.75) is 52.2 Å². The molecule has 0 radical (unpaired) electrons. The number of aryl methyl sites for hydroxylation is 1. The van der Waals surface area contributed by atoms with Crippen LogP contribution in [-0.2, 0) is 11.8 Å². The van der Waals surface area contributed by atoms with Crippen LogP contribution in [0.1, 0.15) is 41.7 Å². The molecule has 16 rings (SSSR count). The number of aromatic nitrogens is 2. The van der Waals surface area contributed by atoms with Crippen molar-refractivity contribution in [2.24, 2.45) is 0 Å². The van der Waals surface area contributed by atoms with Crippen LogP contribution in [0, 0.1) is 6.92 Å². The Balaban J connectivity index is 0.987. The van der Waals surface area contributed by atoms with Gasteiger partial charge in [-0.1, -0.05) is 151 Å². The Morgan fingerprint density at radius 2 is 1.22 bits per heavy atom. The van der Waals surface area contributed by atoms with Crippen LogP contribution in [-0.4, -0.2) is 22.6 Å². The van der Waals surface area contributed by atoms with E-state index in [0.29, 0.717) is 0 Å². The van der Waals surface area contributed by atoms with E-state index in [4.69, 9.17) is 4.42 Å². The zero-order chi connectivity index (χ0) is 41.9. The second-order valence-corrected chi connectivity index (χ2v) is 21.3.